The number of rotatable bonds is 11. The minimum Gasteiger partial charge on any atom is -0.456 e. The van der Waals surface area contributed by atoms with Crippen molar-refractivity contribution >= 4 is 17.0 Å². The van der Waals surface area contributed by atoms with E-state index in [9.17, 15) is 9.18 Å². The van der Waals surface area contributed by atoms with Crippen molar-refractivity contribution in [2.45, 2.75) is 56.9 Å². The van der Waals surface area contributed by atoms with E-state index < -0.39 is 85.3 Å². The summed E-state index contributed by atoms with van der Waals surface area (Å²) >= 11 is 0. The van der Waals surface area contributed by atoms with Gasteiger partial charge in [0.15, 0.2) is 0 Å². The molecule has 2 atom stereocenters. The molecule has 1 aliphatic rings. The normalized spacial score (nSPS) is 24.2. The van der Waals surface area contributed by atoms with Crippen molar-refractivity contribution in [2.75, 3.05) is 33.8 Å². The molecule has 206 valence electrons. The Bertz CT molecular complexity index is 1490. The first-order valence-corrected chi connectivity index (χ1v) is 12.4. The van der Waals surface area contributed by atoms with Crippen LogP contribution < -0.4 is 0 Å². The van der Waals surface area contributed by atoms with Crippen LogP contribution in [0.1, 0.15) is 64.2 Å². The van der Waals surface area contributed by atoms with Gasteiger partial charge in [-0.1, -0.05) is 32.0 Å². The SMILES string of the molecule is [2H]C([2H])(c1nc2ccccc2[nH]1)C([2H])([2H])C([2H])([2H])N(C)CC[C@@]1(OC(=O)COC)CC(F)(F)c2cc(F)ccc2[C@@H]1C(C)C. The van der Waals surface area contributed by atoms with Crippen LogP contribution in [0.3, 0.4) is 0 Å². The van der Waals surface area contributed by atoms with Crippen LogP contribution in [0.25, 0.3) is 11.0 Å². The van der Waals surface area contributed by atoms with Crippen LogP contribution >= 0.6 is 0 Å². The van der Waals surface area contributed by atoms with Crippen molar-refractivity contribution in [3.8, 4) is 0 Å². The maximum atomic E-state index is 15.7. The molecule has 0 saturated heterocycles. The number of nitrogens with zero attached hydrogens (tertiary/aromatic N) is 2. The zero-order chi connectivity index (χ0) is 32.9. The van der Waals surface area contributed by atoms with Crippen LogP contribution in [0.2, 0.25) is 0 Å². The molecule has 6 nitrogen and oxygen atoms in total. The number of benzene rings is 2. The van der Waals surface area contributed by atoms with Gasteiger partial charge in [0.2, 0.25) is 0 Å². The summed E-state index contributed by atoms with van der Waals surface area (Å²) in [6.07, 6.45) is -7.59. The summed E-state index contributed by atoms with van der Waals surface area (Å²) in [6, 6.07) is 9.65. The summed E-state index contributed by atoms with van der Waals surface area (Å²) in [5.41, 5.74) is -1.55. The van der Waals surface area contributed by atoms with Gasteiger partial charge >= 0.3 is 5.97 Å². The molecule has 0 amide bonds. The Morgan fingerprint density at radius 2 is 2.05 bits per heavy atom. The predicted molar refractivity (Wildman–Crippen MR) is 140 cm³/mol. The number of nitrogens with one attached hydrogen (secondary N) is 1. The second-order valence-electron chi connectivity index (χ2n) is 9.94. The molecule has 1 aromatic heterocycles. The largest absolute Gasteiger partial charge is 0.456 e. The van der Waals surface area contributed by atoms with E-state index in [1.54, 1.807) is 38.1 Å². The highest BCUT2D eigenvalue weighted by atomic mass is 19.3. The van der Waals surface area contributed by atoms with E-state index in [4.69, 9.17) is 17.7 Å². The highest BCUT2D eigenvalue weighted by molar-refractivity contribution is 5.74. The minimum atomic E-state index is -3.62. The molecule has 9 heteroatoms. The van der Waals surface area contributed by atoms with Gasteiger partial charge < -0.3 is 19.4 Å². The molecule has 2 aromatic carbocycles. The standard InChI is InChI=1S/C29H36F3N3O3/c1-19(2)27-21-12-11-20(30)16-22(21)29(31,32)18-28(27,38-26(36)17-37-4)13-15-35(3)14-7-10-25-33-23-8-5-6-9-24(23)34-25/h5-6,8-9,11-12,16,19,27H,7,10,13-15,17-18H2,1-4H3,(H,33,34)/t27-,28+/m0/s1/i7D2,10D2,14D2. The van der Waals surface area contributed by atoms with Crippen molar-refractivity contribution in [3.05, 3.63) is 65.2 Å². The monoisotopic (exact) mass is 537 g/mol. The van der Waals surface area contributed by atoms with E-state index in [0.717, 1.165) is 17.0 Å². The van der Waals surface area contributed by atoms with Crippen LogP contribution in [-0.4, -0.2) is 60.2 Å². The number of carbonyl (C=O) groups excluding carboxylic acids is 1. The highest BCUT2D eigenvalue weighted by Gasteiger charge is 2.57. The van der Waals surface area contributed by atoms with Gasteiger partial charge in [0.05, 0.1) is 17.5 Å². The number of H-pyrrole nitrogens is 1. The fourth-order valence-electron chi connectivity index (χ4n) is 5.32. The number of aromatic nitrogens is 2. The number of ether oxygens (including phenoxy) is 2. The molecule has 0 spiro atoms. The van der Waals surface area contributed by atoms with Gasteiger partial charge in [-0.05, 0) is 55.7 Å². The maximum Gasteiger partial charge on any atom is 0.332 e. The first-order valence-electron chi connectivity index (χ1n) is 15.4. The van der Waals surface area contributed by atoms with Crippen molar-refractivity contribution < 1.29 is 35.7 Å². The molecule has 0 radical (unpaired) electrons. The molecule has 1 heterocycles. The first-order chi connectivity index (χ1) is 20.3. The molecule has 0 saturated carbocycles. The van der Waals surface area contributed by atoms with E-state index in [1.165, 1.54) is 20.2 Å². The van der Waals surface area contributed by atoms with Crippen LogP contribution in [0.4, 0.5) is 13.2 Å². The number of alkyl halides is 2. The fraction of sp³-hybridized carbons (Fsp3) is 0.517. The maximum absolute atomic E-state index is 15.7. The summed E-state index contributed by atoms with van der Waals surface area (Å²) in [5.74, 6) is -7.08. The average molecular weight is 538 g/mol. The number of aromatic amines is 1. The molecule has 1 aliphatic carbocycles. The number of imidazole rings is 1. The van der Waals surface area contributed by atoms with E-state index in [0.29, 0.717) is 11.0 Å². The molecular formula is C29H36F3N3O3. The van der Waals surface area contributed by atoms with Gasteiger partial charge in [0.25, 0.3) is 5.92 Å². The zero-order valence-electron chi connectivity index (χ0n) is 27.8. The van der Waals surface area contributed by atoms with E-state index in [-0.39, 0.29) is 12.0 Å². The second-order valence-corrected chi connectivity index (χ2v) is 9.94. The predicted octanol–water partition coefficient (Wildman–Crippen LogP) is 5.82. The van der Waals surface area contributed by atoms with Gasteiger partial charge in [-0.2, -0.15) is 0 Å². The number of aryl methyl sites for hydroxylation is 1. The number of methoxy groups -OCH3 is 1. The van der Waals surface area contributed by atoms with Crippen LogP contribution in [0.15, 0.2) is 42.5 Å². The Balaban J connectivity index is 1.71. The molecule has 3 aromatic rings. The number of para-hydroxylation sites is 2. The van der Waals surface area contributed by atoms with Gasteiger partial charge in [-0.15, -0.1) is 0 Å². The highest BCUT2D eigenvalue weighted by Crippen LogP contribution is 2.55. The first kappa shape index (κ1) is 21.0. The Hall–Kier alpha value is -2.91. The number of carbonyl (C=O) groups is 1. The second kappa shape index (κ2) is 11.5. The summed E-state index contributed by atoms with van der Waals surface area (Å²) in [4.78, 5) is 20.5. The van der Waals surface area contributed by atoms with Crippen LogP contribution in [0.5, 0.6) is 0 Å². The van der Waals surface area contributed by atoms with Crippen molar-refractivity contribution in [1.82, 2.24) is 14.9 Å². The number of hydrogen-bond acceptors (Lipinski definition) is 5. The molecule has 4 rings (SSSR count). The third kappa shape index (κ3) is 6.04. The summed E-state index contributed by atoms with van der Waals surface area (Å²) in [6.45, 7) is -0.490. The van der Waals surface area contributed by atoms with Crippen molar-refractivity contribution in [3.63, 3.8) is 0 Å². The molecule has 0 unspecified atom stereocenters. The summed E-state index contributed by atoms with van der Waals surface area (Å²) < 4.78 is 108. The lowest BCUT2D eigenvalue weighted by molar-refractivity contribution is -0.188. The van der Waals surface area contributed by atoms with Gasteiger partial charge in [0, 0.05) is 46.2 Å². The van der Waals surface area contributed by atoms with Gasteiger partial charge in [0.1, 0.15) is 23.8 Å². The number of halogens is 3. The fourth-order valence-corrected chi connectivity index (χ4v) is 5.32. The smallest absolute Gasteiger partial charge is 0.332 e. The zero-order valence-corrected chi connectivity index (χ0v) is 21.8. The molecule has 0 fully saturated rings. The van der Waals surface area contributed by atoms with Crippen molar-refractivity contribution in [2.24, 2.45) is 5.92 Å². The molecular weight excluding hydrogens is 495 g/mol. The third-order valence-corrected chi connectivity index (χ3v) is 6.77. The lowest BCUT2D eigenvalue weighted by Gasteiger charge is -2.49. The number of esters is 1. The summed E-state index contributed by atoms with van der Waals surface area (Å²) in [7, 11) is 2.44. The van der Waals surface area contributed by atoms with Gasteiger partial charge in [-0.25, -0.2) is 22.9 Å². The molecule has 0 aliphatic heterocycles. The lowest BCUT2D eigenvalue weighted by Crippen LogP contribution is -2.52. The quantitative estimate of drug-likeness (QED) is 0.312. The lowest BCUT2D eigenvalue weighted by atomic mass is 9.64. The minimum absolute atomic E-state index is 0.0880. The van der Waals surface area contributed by atoms with Crippen LogP contribution in [0, 0.1) is 11.7 Å². The Morgan fingerprint density at radius 1 is 1.29 bits per heavy atom. The molecule has 0 bridgehead atoms. The third-order valence-electron chi connectivity index (χ3n) is 6.77. The summed E-state index contributed by atoms with van der Waals surface area (Å²) in [5, 5.41) is 0. The van der Waals surface area contributed by atoms with E-state index in [1.807, 2.05) is 0 Å². The molecule has 38 heavy (non-hydrogen) atoms. The van der Waals surface area contributed by atoms with E-state index in [2.05, 4.69) is 9.97 Å². The Labute approximate surface area is 230 Å². The molecule has 1 N–H and O–H groups in total. The number of fused-ring (bicyclic) bond motifs is 2. The Morgan fingerprint density at radius 3 is 2.76 bits per heavy atom. The van der Waals surface area contributed by atoms with E-state index >= 15 is 8.78 Å². The average Bonchev–Trinajstić information content (AvgIpc) is 3.37. The number of hydrogen-bond donors (Lipinski definition) is 1. The topological polar surface area (TPSA) is 67.5 Å². The van der Waals surface area contributed by atoms with Crippen molar-refractivity contribution in [1.29, 1.82) is 0 Å². The van der Waals surface area contributed by atoms with Crippen LogP contribution in [-0.2, 0) is 26.6 Å². The van der Waals surface area contributed by atoms with Gasteiger partial charge in [-0.3, -0.25) is 0 Å². The Kier molecular flexibility index (Phi) is 6.32.